The van der Waals surface area contributed by atoms with Crippen LogP contribution in [0.4, 0.5) is 5.82 Å². The maximum atomic E-state index is 9.58. The zero-order chi connectivity index (χ0) is 23.0. The molecule has 0 atom stereocenters. The number of rotatable bonds is 4. The van der Waals surface area contributed by atoms with Crippen LogP contribution in [0.2, 0.25) is 0 Å². The van der Waals surface area contributed by atoms with Gasteiger partial charge >= 0.3 is 0 Å². The molecule has 0 bridgehead atoms. The Hall–Kier alpha value is -3.71. The van der Waals surface area contributed by atoms with Crippen LogP contribution in [0.25, 0.3) is 28.0 Å². The number of piperidine rings is 1. The Bertz CT molecular complexity index is 1440. The second-order valence-electron chi connectivity index (χ2n) is 8.63. The van der Waals surface area contributed by atoms with Gasteiger partial charge in [0.25, 0.3) is 0 Å². The van der Waals surface area contributed by atoms with Gasteiger partial charge in [0.2, 0.25) is 0 Å². The number of nitrogens with one attached hydrogen (secondary N) is 1. The number of anilines is 1. The molecule has 4 aromatic rings. The number of nitriles is 1. The van der Waals surface area contributed by atoms with Gasteiger partial charge in [-0.3, -0.25) is 9.46 Å². The molecule has 1 aliphatic heterocycles. The fourth-order valence-corrected chi connectivity index (χ4v) is 5.16. The van der Waals surface area contributed by atoms with Gasteiger partial charge in [-0.2, -0.15) is 15.5 Å². The molecule has 168 valence electrons. The first-order valence-corrected chi connectivity index (χ1v) is 13.3. The monoisotopic (exact) mass is 459 g/mol. The van der Waals surface area contributed by atoms with Gasteiger partial charge < -0.3 is 4.90 Å². The highest BCUT2D eigenvalue weighted by Gasteiger charge is 2.21. The lowest BCUT2D eigenvalue weighted by atomic mass is 10.1. The summed E-state index contributed by atoms with van der Waals surface area (Å²) in [5.41, 5.74) is 4.20. The lowest BCUT2D eigenvalue weighted by Crippen LogP contribution is -2.36. The summed E-state index contributed by atoms with van der Waals surface area (Å²) >= 11 is 0. The molecule has 4 aromatic heterocycles. The van der Waals surface area contributed by atoms with Crippen LogP contribution < -0.4 is 4.90 Å². The lowest BCUT2D eigenvalue weighted by Gasteiger charge is -2.31. The first kappa shape index (κ1) is 21.2. The van der Waals surface area contributed by atoms with Crippen molar-refractivity contribution in [2.45, 2.75) is 18.9 Å². The normalized spacial score (nSPS) is 15.0. The van der Waals surface area contributed by atoms with E-state index in [1.54, 1.807) is 29.3 Å². The van der Waals surface area contributed by atoms with E-state index in [9.17, 15) is 5.26 Å². The third-order valence-electron chi connectivity index (χ3n) is 5.66. The van der Waals surface area contributed by atoms with Crippen molar-refractivity contribution in [1.29, 1.82) is 5.26 Å². The van der Waals surface area contributed by atoms with Crippen molar-refractivity contribution < 1.29 is 0 Å². The van der Waals surface area contributed by atoms with E-state index in [0.717, 1.165) is 42.9 Å². The Kier molecular flexibility index (Phi) is 5.34. The summed E-state index contributed by atoms with van der Waals surface area (Å²) in [4.78, 5) is 11.9. The number of hydrogen-bond acceptors (Lipinski definition) is 7. The molecule has 0 unspecified atom stereocenters. The van der Waals surface area contributed by atoms with Gasteiger partial charge in [0.05, 0.1) is 36.0 Å². The maximum absolute atomic E-state index is 9.58. The molecule has 0 spiro atoms. The van der Waals surface area contributed by atoms with Crippen LogP contribution in [-0.2, 0) is 9.41 Å². The minimum absolute atomic E-state index is 0.387. The number of aromatic nitrogens is 6. The third-order valence-corrected chi connectivity index (χ3v) is 6.52. The molecular weight excluding hydrogens is 434 g/mol. The van der Waals surface area contributed by atoms with E-state index in [1.165, 1.54) is 0 Å². The van der Waals surface area contributed by atoms with E-state index < -0.39 is 9.41 Å². The summed E-state index contributed by atoms with van der Waals surface area (Å²) < 4.78 is 6.59. The number of H-pyrrole nitrogens is 1. The number of pyridine rings is 1. The number of aromatic amines is 1. The van der Waals surface area contributed by atoms with E-state index >= 15 is 0 Å². The molecule has 1 fully saturated rings. The minimum Gasteiger partial charge on any atom is -0.356 e. The zero-order valence-corrected chi connectivity index (χ0v) is 19.5. The molecule has 0 saturated carbocycles. The molecule has 1 N–H and O–H groups in total. The van der Waals surface area contributed by atoms with Crippen molar-refractivity contribution >= 4 is 26.6 Å². The van der Waals surface area contributed by atoms with Crippen molar-refractivity contribution in [3.63, 3.8) is 0 Å². The molecule has 1 saturated heterocycles. The number of hydrogen-bond donors (Lipinski definition) is 1. The Balaban J connectivity index is 1.46. The largest absolute Gasteiger partial charge is 0.356 e. The van der Waals surface area contributed by atoms with E-state index in [4.69, 9.17) is 14.3 Å². The number of nitrogens with zero attached hydrogens (tertiary/aromatic N) is 8. The highest BCUT2D eigenvalue weighted by atomic mass is 32.2. The van der Waals surface area contributed by atoms with Gasteiger partial charge in [-0.1, -0.05) is 5.87 Å². The summed E-state index contributed by atoms with van der Waals surface area (Å²) in [6.07, 6.45) is 15.0. The molecule has 9 nitrogen and oxygen atoms in total. The van der Waals surface area contributed by atoms with Crippen molar-refractivity contribution in [3.8, 4) is 28.6 Å². The third kappa shape index (κ3) is 4.32. The van der Waals surface area contributed by atoms with Gasteiger partial charge in [0, 0.05) is 36.6 Å². The van der Waals surface area contributed by atoms with Gasteiger partial charge in [-0.15, -0.1) is 9.41 Å². The van der Waals surface area contributed by atoms with Gasteiger partial charge in [-0.05, 0) is 37.5 Å². The average Bonchev–Trinajstić information content (AvgIpc) is 3.48. The molecule has 10 heteroatoms. The van der Waals surface area contributed by atoms with Crippen LogP contribution in [-0.4, -0.2) is 67.3 Å². The number of fused-ring (bicyclic) bond motifs is 1. The summed E-state index contributed by atoms with van der Waals surface area (Å²) in [6.45, 7) is 1.85. The summed E-state index contributed by atoms with van der Waals surface area (Å²) in [5, 5.41) is 20.8. The van der Waals surface area contributed by atoms with Crippen molar-refractivity contribution in [3.05, 3.63) is 48.7 Å². The second kappa shape index (κ2) is 8.33. The van der Waals surface area contributed by atoms with E-state index in [2.05, 4.69) is 44.6 Å². The molecule has 5 heterocycles. The average molecular weight is 460 g/mol. The van der Waals surface area contributed by atoms with Crippen LogP contribution >= 0.6 is 0 Å². The summed E-state index contributed by atoms with van der Waals surface area (Å²) in [7, 11) is -1.08. The summed E-state index contributed by atoms with van der Waals surface area (Å²) in [5.74, 6) is 5.13. The topological polar surface area (TPSA) is 111 Å². The maximum Gasteiger partial charge on any atom is 0.128 e. The van der Waals surface area contributed by atoms with Crippen molar-refractivity contribution in [1.82, 2.24) is 29.8 Å². The molecule has 33 heavy (non-hydrogen) atoms. The molecule has 1 aliphatic rings. The van der Waals surface area contributed by atoms with E-state index in [0.29, 0.717) is 28.5 Å². The second-order valence-corrected chi connectivity index (χ2v) is 11.8. The van der Waals surface area contributed by atoms with E-state index in [-0.39, 0.29) is 0 Å². The fraction of sp³-hybridized carbons (Fsp3) is 0.304. The van der Waals surface area contributed by atoms with Gasteiger partial charge in [0.15, 0.2) is 0 Å². The predicted octanol–water partition coefficient (Wildman–Crippen LogP) is 3.05. The fourth-order valence-electron chi connectivity index (χ4n) is 4.14. The van der Waals surface area contributed by atoms with Gasteiger partial charge in [-0.25, -0.2) is 14.5 Å². The molecule has 0 radical (unpaired) electrons. The van der Waals surface area contributed by atoms with Crippen LogP contribution in [0.3, 0.4) is 0 Å². The minimum atomic E-state index is -1.08. The first-order chi connectivity index (χ1) is 15.9. The van der Waals surface area contributed by atoms with Crippen LogP contribution in [0.5, 0.6) is 0 Å². The summed E-state index contributed by atoms with van der Waals surface area (Å²) in [6, 6.07) is 6.64. The SMILES string of the molecule is C=S(C)(C)=NC1CCN(c2ccc(-c3nc(-c4cn[nH]c4)cn4ncc(C#N)c34)cn2)CC1. The van der Waals surface area contributed by atoms with Crippen molar-refractivity contribution in [2.75, 3.05) is 30.5 Å². The smallest absolute Gasteiger partial charge is 0.128 e. The van der Waals surface area contributed by atoms with Crippen LogP contribution in [0.15, 0.2) is 47.5 Å². The lowest BCUT2D eigenvalue weighted by molar-refractivity contribution is 0.504. The molecule has 0 aliphatic carbocycles. The Morgan fingerprint density at radius 2 is 2.00 bits per heavy atom. The van der Waals surface area contributed by atoms with E-state index in [1.807, 2.05) is 18.3 Å². The first-order valence-electron chi connectivity index (χ1n) is 10.7. The van der Waals surface area contributed by atoms with Crippen molar-refractivity contribution in [2.24, 2.45) is 4.36 Å². The quantitative estimate of drug-likeness (QED) is 0.470. The Labute approximate surface area is 192 Å². The van der Waals surface area contributed by atoms with Gasteiger partial charge in [0.1, 0.15) is 23.0 Å². The molecular formula is C23H25N9S. The highest BCUT2D eigenvalue weighted by Crippen LogP contribution is 2.29. The molecule has 0 amide bonds. The van der Waals surface area contributed by atoms with Crippen LogP contribution in [0, 0.1) is 11.3 Å². The zero-order valence-electron chi connectivity index (χ0n) is 18.6. The molecule has 0 aromatic carbocycles. The highest BCUT2D eigenvalue weighted by molar-refractivity contribution is 8.01. The standard InChI is InChI=1S/C23H25N9S/c1-33(2,3)30-19-6-8-31(9-7-19)21-5-4-16(11-25-21)22-23-17(10-24)14-28-32(23)15-20(29-22)18-12-26-27-13-18/h4-5,11-15,19H,1,6-9H2,2-3H3,(H,26,27). The van der Waals surface area contributed by atoms with Crippen LogP contribution in [0.1, 0.15) is 18.4 Å². The molecule has 5 rings (SSSR count). The Morgan fingerprint density at radius 1 is 1.18 bits per heavy atom. The predicted molar refractivity (Wildman–Crippen MR) is 133 cm³/mol. The Morgan fingerprint density at radius 3 is 2.64 bits per heavy atom.